The summed E-state index contributed by atoms with van der Waals surface area (Å²) < 4.78 is 9.72. The lowest BCUT2D eigenvalue weighted by Crippen LogP contribution is -2.07. The molecule has 4 aromatic rings. The van der Waals surface area contributed by atoms with E-state index in [9.17, 15) is 0 Å². The number of nitrogens with zero attached hydrogens (tertiary/aromatic N) is 5. The van der Waals surface area contributed by atoms with Crippen molar-refractivity contribution in [3.05, 3.63) is 55.4 Å². The van der Waals surface area contributed by atoms with Crippen molar-refractivity contribution >= 4 is 23.1 Å². The predicted octanol–water partition coefficient (Wildman–Crippen LogP) is 4.22. The molecular weight excluding hydrogens is 384 g/mol. The fourth-order valence-electron chi connectivity index (χ4n) is 3.17. The molecule has 1 N–H and O–H groups in total. The molecule has 0 saturated heterocycles. The molecule has 4 rings (SSSR count). The minimum Gasteiger partial charge on any atom is -0.495 e. The molecule has 1 aromatic carbocycles. The van der Waals surface area contributed by atoms with Crippen LogP contribution in [0.2, 0.25) is 0 Å². The van der Waals surface area contributed by atoms with Crippen molar-refractivity contribution in [2.75, 3.05) is 24.7 Å². The molecule has 8 heteroatoms. The molecule has 3 heterocycles. The van der Waals surface area contributed by atoms with E-state index in [0.717, 1.165) is 58.8 Å². The molecule has 0 amide bonds. The molecule has 7 nitrogen and oxygen atoms in total. The lowest BCUT2D eigenvalue weighted by Gasteiger charge is -2.13. The predicted molar refractivity (Wildman–Crippen MR) is 117 cm³/mol. The number of methoxy groups -OCH3 is 1. The minimum absolute atomic E-state index is 0.805. The third-order valence-corrected chi connectivity index (χ3v) is 5.43. The third kappa shape index (κ3) is 4.37. The molecular formula is C21H24N6OS. The monoisotopic (exact) mass is 408 g/mol. The van der Waals surface area contributed by atoms with E-state index in [1.54, 1.807) is 31.3 Å². The molecule has 3 aromatic heterocycles. The van der Waals surface area contributed by atoms with Crippen LogP contribution in [-0.2, 0) is 6.54 Å². The fraction of sp³-hybridized carbons (Fsp3) is 0.286. The van der Waals surface area contributed by atoms with Gasteiger partial charge in [-0.2, -0.15) is 0 Å². The number of ether oxygens (including phenoxy) is 1. The summed E-state index contributed by atoms with van der Waals surface area (Å²) in [5, 5.41) is 4.41. The largest absolute Gasteiger partial charge is 0.495 e. The summed E-state index contributed by atoms with van der Waals surface area (Å²) in [5.41, 5.74) is 3.78. The topological polar surface area (TPSA) is 69.3 Å². The number of hydrogen-bond acceptors (Lipinski definition) is 6. The van der Waals surface area contributed by atoms with Gasteiger partial charge in [-0.1, -0.05) is 24.8 Å². The maximum Gasteiger partial charge on any atom is 0.174 e. The van der Waals surface area contributed by atoms with Gasteiger partial charge < -0.3 is 14.6 Å². The number of rotatable bonds is 9. The highest BCUT2D eigenvalue weighted by molar-refractivity contribution is 7.99. The van der Waals surface area contributed by atoms with Gasteiger partial charge in [0.25, 0.3) is 0 Å². The molecule has 0 spiro atoms. The van der Waals surface area contributed by atoms with Gasteiger partial charge in [-0.05, 0) is 24.3 Å². The second-order valence-electron chi connectivity index (χ2n) is 6.51. The van der Waals surface area contributed by atoms with E-state index in [4.69, 9.17) is 9.72 Å². The molecule has 0 fully saturated rings. The first kappa shape index (κ1) is 19.3. The number of imidazole rings is 2. The van der Waals surface area contributed by atoms with E-state index in [0.29, 0.717) is 0 Å². The molecule has 0 radical (unpaired) electrons. The number of aryl methyl sites for hydroxylation is 1. The van der Waals surface area contributed by atoms with Crippen molar-refractivity contribution < 1.29 is 4.74 Å². The number of aromatic nitrogens is 5. The van der Waals surface area contributed by atoms with Crippen molar-refractivity contribution in [3.8, 4) is 17.0 Å². The Balaban J connectivity index is 1.52. The van der Waals surface area contributed by atoms with Crippen molar-refractivity contribution in [2.24, 2.45) is 0 Å². The van der Waals surface area contributed by atoms with Crippen LogP contribution in [0, 0.1) is 0 Å². The van der Waals surface area contributed by atoms with Gasteiger partial charge in [0.2, 0.25) is 0 Å². The fourth-order valence-corrected chi connectivity index (χ4v) is 3.89. The van der Waals surface area contributed by atoms with Crippen LogP contribution in [0.1, 0.15) is 13.3 Å². The molecule has 0 unspecified atom stereocenters. The summed E-state index contributed by atoms with van der Waals surface area (Å²) in [6.07, 6.45) is 10.4. The summed E-state index contributed by atoms with van der Waals surface area (Å²) in [6, 6.07) is 8.16. The highest BCUT2D eigenvalue weighted by Crippen LogP contribution is 2.31. The van der Waals surface area contributed by atoms with Crippen LogP contribution in [0.3, 0.4) is 0 Å². The zero-order valence-electron chi connectivity index (χ0n) is 16.6. The van der Waals surface area contributed by atoms with Crippen molar-refractivity contribution in [1.29, 1.82) is 0 Å². The molecule has 0 bridgehead atoms. The van der Waals surface area contributed by atoms with Crippen LogP contribution in [0.5, 0.6) is 5.75 Å². The highest BCUT2D eigenvalue weighted by Gasteiger charge is 2.11. The number of benzene rings is 1. The van der Waals surface area contributed by atoms with Gasteiger partial charge in [0.15, 0.2) is 5.16 Å². The first-order chi connectivity index (χ1) is 14.3. The van der Waals surface area contributed by atoms with Crippen molar-refractivity contribution in [3.63, 3.8) is 0 Å². The smallest absolute Gasteiger partial charge is 0.174 e. The van der Waals surface area contributed by atoms with Gasteiger partial charge in [0.1, 0.15) is 11.4 Å². The van der Waals surface area contributed by atoms with Crippen LogP contribution in [0.25, 0.3) is 16.9 Å². The SMILES string of the molecule is CCSc1nc(-c2ccc(NCCCn3ccnc3)c(OC)c2)cc2nccn12. The summed E-state index contributed by atoms with van der Waals surface area (Å²) in [6.45, 7) is 3.90. The average Bonchev–Trinajstić information content (AvgIpc) is 3.43. The summed E-state index contributed by atoms with van der Waals surface area (Å²) in [4.78, 5) is 13.3. The number of hydrogen-bond donors (Lipinski definition) is 1. The van der Waals surface area contributed by atoms with E-state index in [1.165, 1.54) is 0 Å². The number of anilines is 1. The molecule has 0 aliphatic rings. The Bertz CT molecular complexity index is 1080. The van der Waals surface area contributed by atoms with E-state index in [-0.39, 0.29) is 0 Å². The van der Waals surface area contributed by atoms with Gasteiger partial charge in [-0.25, -0.2) is 15.0 Å². The van der Waals surface area contributed by atoms with E-state index < -0.39 is 0 Å². The molecule has 0 saturated carbocycles. The Morgan fingerprint density at radius 1 is 1.17 bits per heavy atom. The second-order valence-corrected chi connectivity index (χ2v) is 7.74. The van der Waals surface area contributed by atoms with E-state index in [2.05, 4.69) is 38.9 Å². The highest BCUT2D eigenvalue weighted by atomic mass is 32.2. The first-order valence-electron chi connectivity index (χ1n) is 9.63. The summed E-state index contributed by atoms with van der Waals surface area (Å²) >= 11 is 1.71. The first-order valence-corrected chi connectivity index (χ1v) is 10.6. The minimum atomic E-state index is 0.805. The van der Waals surface area contributed by atoms with Crippen LogP contribution in [0.15, 0.2) is 60.5 Å². The van der Waals surface area contributed by atoms with E-state index in [1.807, 2.05) is 35.3 Å². The van der Waals surface area contributed by atoms with Gasteiger partial charge in [0, 0.05) is 49.5 Å². The normalized spacial score (nSPS) is 11.1. The standard InChI is InChI=1S/C21H24N6OS/c1-3-29-21-25-18(14-20-24-9-12-27(20)21)16-5-6-17(19(13-16)28-2)23-7-4-10-26-11-8-22-15-26/h5-6,8-9,11-15,23H,3-4,7,10H2,1-2H3. The number of nitrogens with one attached hydrogen (secondary N) is 1. The van der Waals surface area contributed by atoms with Gasteiger partial charge in [-0.15, -0.1) is 0 Å². The van der Waals surface area contributed by atoms with Crippen LogP contribution >= 0.6 is 11.8 Å². The summed E-state index contributed by atoms with van der Waals surface area (Å²) in [7, 11) is 1.69. The number of fused-ring (bicyclic) bond motifs is 1. The molecule has 150 valence electrons. The average molecular weight is 409 g/mol. The lowest BCUT2D eigenvalue weighted by atomic mass is 10.1. The Labute approximate surface area is 174 Å². The van der Waals surface area contributed by atoms with Gasteiger partial charge in [0.05, 0.1) is 24.8 Å². The van der Waals surface area contributed by atoms with Gasteiger partial charge in [-0.3, -0.25) is 4.40 Å². The Hall–Kier alpha value is -3.00. The zero-order chi connectivity index (χ0) is 20.1. The Morgan fingerprint density at radius 3 is 2.90 bits per heavy atom. The van der Waals surface area contributed by atoms with Crippen LogP contribution < -0.4 is 10.1 Å². The molecule has 0 aliphatic carbocycles. The van der Waals surface area contributed by atoms with Crippen molar-refractivity contribution in [1.82, 2.24) is 23.9 Å². The zero-order valence-corrected chi connectivity index (χ0v) is 17.4. The summed E-state index contributed by atoms with van der Waals surface area (Å²) in [5.74, 6) is 1.76. The Kier molecular flexibility index (Phi) is 6.00. The third-order valence-electron chi connectivity index (χ3n) is 4.60. The van der Waals surface area contributed by atoms with E-state index >= 15 is 0 Å². The van der Waals surface area contributed by atoms with Crippen LogP contribution in [0.4, 0.5) is 5.69 Å². The Morgan fingerprint density at radius 2 is 2.10 bits per heavy atom. The maximum atomic E-state index is 5.63. The number of thioether (sulfide) groups is 1. The second kappa shape index (κ2) is 9.00. The molecule has 29 heavy (non-hydrogen) atoms. The van der Waals surface area contributed by atoms with Crippen molar-refractivity contribution in [2.45, 2.75) is 25.0 Å². The molecule has 0 aliphatic heterocycles. The van der Waals surface area contributed by atoms with Crippen LogP contribution in [-0.4, -0.2) is 43.3 Å². The quantitative estimate of drug-likeness (QED) is 0.254. The molecule has 0 atom stereocenters. The lowest BCUT2D eigenvalue weighted by molar-refractivity contribution is 0.416. The van der Waals surface area contributed by atoms with Gasteiger partial charge >= 0.3 is 0 Å². The maximum absolute atomic E-state index is 5.63.